The smallest absolute Gasteiger partial charge is 0.399 e. The Hall–Kier alpha value is -1.65. The number of aromatic nitrogens is 1. The molecule has 0 atom stereocenters. The molecule has 3 nitrogen and oxygen atoms in total. The van der Waals surface area contributed by atoms with Crippen LogP contribution < -0.4 is 5.46 Å². The zero-order chi connectivity index (χ0) is 16.0. The monoisotopic (exact) mass is 295 g/mol. The zero-order valence-corrected chi connectivity index (χ0v) is 13.9. The molecule has 1 fully saturated rings. The molecule has 0 saturated carbocycles. The first-order valence-electron chi connectivity index (χ1n) is 7.67. The molecule has 0 radical (unpaired) electrons. The molecule has 0 bridgehead atoms. The van der Waals surface area contributed by atoms with Crippen LogP contribution in [0.3, 0.4) is 0 Å². The van der Waals surface area contributed by atoms with Crippen molar-refractivity contribution in [2.75, 3.05) is 0 Å². The third-order valence-corrected chi connectivity index (χ3v) is 4.77. The van der Waals surface area contributed by atoms with Gasteiger partial charge < -0.3 is 9.31 Å². The molecule has 0 aliphatic carbocycles. The largest absolute Gasteiger partial charge is 0.495 e. The third-order valence-electron chi connectivity index (χ3n) is 4.77. The van der Waals surface area contributed by atoms with E-state index in [4.69, 9.17) is 9.31 Å². The summed E-state index contributed by atoms with van der Waals surface area (Å²) in [7, 11) is -0.312. The molecular formula is C18H22BNO2. The highest BCUT2D eigenvalue weighted by Crippen LogP contribution is 2.36. The van der Waals surface area contributed by atoms with Crippen molar-refractivity contribution in [1.29, 1.82) is 0 Å². The zero-order valence-electron chi connectivity index (χ0n) is 13.9. The Kier molecular flexibility index (Phi) is 3.62. The molecule has 2 heterocycles. The Morgan fingerprint density at radius 2 is 1.64 bits per heavy atom. The molecule has 4 heteroatoms. The van der Waals surface area contributed by atoms with Crippen molar-refractivity contribution in [3.8, 4) is 11.1 Å². The van der Waals surface area contributed by atoms with Gasteiger partial charge in [0.25, 0.3) is 0 Å². The number of benzene rings is 1. The van der Waals surface area contributed by atoms with Gasteiger partial charge in [-0.2, -0.15) is 0 Å². The standard InChI is InChI=1S/C18H22BNO2/c1-13-11-14(15-7-6-10-20-12-15)8-9-16(13)19-21-17(2,3)18(4,5)22-19/h6-12H,1-5H3. The number of nitrogens with zero attached hydrogens (tertiary/aromatic N) is 1. The molecule has 1 saturated heterocycles. The second kappa shape index (κ2) is 5.22. The van der Waals surface area contributed by atoms with Gasteiger partial charge in [0.15, 0.2) is 0 Å². The topological polar surface area (TPSA) is 31.4 Å². The number of hydrogen-bond acceptors (Lipinski definition) is 3. The quantitative estimate of drug-likeness (QED) is 0.796. The summed E-state index contributed by atoms with van der Waals surface area (Å²) in [6, 6.07) is 10.4. The molecule has 0 unspecified atom stereocenters. The maximum absolute atomic E-state index is 6.14. The maximum atomic E-state index is 6.14. The van der Waals surface area contributed by atoms with Gasteiger partial charge in [0.2, 0.25) is 0 Å². The normalized spacial score (nSPS) is 19.4. The summed E-state index contributed by atoms with van der Waals surface area (Å²) in [6.45, 7) is 10.4. The first kappa shape index (κ1) is 15.3. The third kappa shape index (κ3) is 2.57. The number of aryl methyl sites for hydroxylation is 1. The van der Waals surface area contributed by atoms with E-state index in [0.29, 0.717) is 0 Å². The highest BCUT2D eigenvalue weighted by molar-refractivity contribution is 6.62. The first-order chi connectivity index (χ1) is 10.3. The van der Waals surface area contributed by atoms with E-state index in [1.165, 1.54) is 5.56 Å². The lowest BCUT2D eigenvalue weighted by Crippen LogP contribution is -2.41. The second-order valence-electron chi connectivity index (χ2n) is 6.90. The molecule has 2 aromatic rings. The van der Waals surface area contributed by atoms with E-state index in [2.05, 4.69) is 63.9 Å². The Labute approximate surface area is 132 Å². The number of hydrogen-bond donors (Lipinski definition) is 0. The van der Waals surface area contributed by atoms with E-state index in [0.717, 1.165) is 16.6 Å². The summed E-state index contributed by atoms with van der Waals surface area (Å²) in [5, 5.41) is 0. The average molecular weight is 295 g/mol. The summed E-state index contributed by atoms with van der Waals surface area (Å²) in [5.74, 6) is 0. The Balaban J connectivity index is 1.91. The van der Waals surface area contributed by atoms with E-state index in [1.807, 2.05) is 12.3 Å². The van der Waals surface area contributed by atoms with Gasteiger partial charge in [0.1, 0.15) is 0 Å². The van der Waals surface area contributed by atoms with E-state index < -0.39 is 0 Å². The predicted molar refractivity (Wildman–Crippen MR) is 90.1 cm³/mol. The molecule has 1 aliphatic heterocycles. The highest BCUT2D eigenvalue weighted by Gasteiger charge is 2.51. The van der Waals surface area contributed by atoms with Crippen LogP contribution in [0.2, 0.25) is 0 Å². The maximum Gasteiger partial charge on any atom is 0.495 e. The number of rotatable bonds is 2. The van der Waals surface area contributed by atoms with Crippen LogP contribution in [0.4, 0.5) is 0 Å². The lowest BCUT2D eigenvalue weighted by molar-refractivity contribution is 0.00578. The first-order valence-corrected chi connectivity index (χ1v) is 7.67. The lowest BCUT2D eigenvalue weighted by atomic mass is 9.75. The van der Waals surface area contributed by atoms with Crippen molar-refractivity contribution < 1.29 is 9.31 Å². The highest BCUT2D eigenvalue weighted by atomic mass is 16.7. The molecule has 0 N–H and O–H groups in total. The molecule has 0 amide bonds. The van der Waals surface area contributed by atoms with Crippen LogP contribution >= 0.6 is 0 Å². The minimum atomic E-state index is -0.313. The molecule has 3 rings (SSSR count). The summed E-state index contributed by atoms with van der Waals surface area (Å²) in [5.41, 5.74) is 3.90. The second-order valence-corrected chi connectivity index (χ2v) is 6.90. The van der Waals surface area contributed by atoms with Gasteiger partial charge in [-0.25, -0.2) is 0 Å². The Morgan fingerprint density at radius 1 is 0.955 bits per heavy atom. The van der Waals surface area contributed by atoms with Crippen LogP contribution in [0.1, 0.15) is 33.3 Å². The van der Waals surface area contributed by atoms with Crippen LogP contribution in [-0.4, -0.2) is 23.3 Å². The van der Waals surface area contributed by atoms with Gasteiger partial charge in [-0.1, -0.05) is 29.8 Å². The molecule has 1 aromatic heterocycles. The van der Waals surface area contributed by atoms with E-state index in [-0.39, 0.29) is 18.3 Å². The Bertz CT molecular complexity index is 667. The van der Waals surface area contributed by atoms with E-state index in [9.17, 15) is 0 Å². The van der Waals surface area contributed by atoms with Crippen LogP contribution in [0.25, 0.3) is 11.1 Å². The molecule has 1 aromatic carbocycles. The fourth-order valence-corrected chi connectivity index (χ4v) is 2.62. The predicted octanol–water partition coefficient (Wildman–Crippen LogP) is 3.36. The molecular weight excluding hydrogens is 273 g/mol. The average Bonchev–Trinajstić information content (AvgIpc) is 2.68. The fraction of sp³-hybridized carbons (Fsp3) is 0.389. The molecule has 1 aliphatic rings. The van der Waals surface area contributed by atoms with Gasteiger partial charge in [-0.15, -0.1) is 0 Å². The van der Waals surface area contributed by atoms with Gasteiger partial charge in [0, 0.05) is 12.4 Å². The van der Waals surface area contributed by atoms with E-state index in [1.54, 1.807) is 6.20 Å². The SMILES string of the molecule is Cc1cc(-c2cccnc2)ccc1B1OC(C)(C)C(C)(C)O1. The van der Waals surface area contributed by atoms with Crippen LogP contribution in [0, 0.1) is 6.92 Å². The summed E-state index contributed by atoms with van der Waals surface area (Å²) >= 11 is 0. The van der Waals surface area contributed by atoms with Crippen molar-refractivity contribution in [3.05, 3.63) is 48.3 Å². The van der Waals surface area contributed by atoms with Crippen molar-refractivity contribution in [3.63, 3.8) is 0 Å². The van der Waals surface area contributed by atoms with Gasteiger partial charge >= 0.3 is 7.12 Å². The summed E-state index contributed by atoms with van der Waals surface area (Å²) in [6.07, 6.45) is 3.67. The fourth-order valence-electron chi connectivity index (χ4n) is 2.62. The van der Waals surface area contributed by atoms with Crippen molar-refractivity contribution in [1.82, 2.24) is 4.98 Å². The van der Waals surface area contributed by atoms with Crippen molar-refractivity contribution >= 4 is 12.6 Å². The lowest BCUT2D eigenvalue weighted by Gasteiger charge is -2.32. The Morgan fingerprint density at radius 3 is 2.18 bits per heavy atom. The number of pyridine rings is 1. The molecule has 0 spiro atoms. The minimum Gasteiger partial charge on any atom is -0.399 e. The van der Waals surface area contributed by atoms with Crippen LogP contribution in [-0.2, 0) is 9.31 Å². The minimum absolute atomic E-state index is 0.312. The van der Waals surface area contributed by atoms with Gasteiger partial charge in [-0.3, -0.25) is 4.98 Å². The van der Waals surface area contributed by atoms with Gasteiger partial charge in [0.05, 0.1) is 11.2 Å². The molecule has 114 valence electrons. The molecule has 22 heavy (non-hydrogen) atoms. The summed E-state index contributed by atoms with van der Waals surface area (Å²) in [4.78, 5) is 4.18. The van der Waals surface area contributed by atoms with Crippen LogP contribution in [0.5, 0.6) is 0 Å². The summed E-state index contributed by atoms with van der Waals surface area (Å²) < 4.78 is 12.3. The van der Waals surface area contributed by atoms with Crippen molar-refractivity contribution in [2.45, 2.75) is 45.8 Å². The van der Waals surface area contributed by atoms with E-state index >= 15 is 0 Å². The van der Waals surface area contributed by atoms with Crippen LogP contribution in [0.15, 0.2) is 42.7 Å². The van der Waals surface area contributed by atoms with Gasteiger partial charge in [-0.05, 0) is 57.3 Å². The van der Waals surface area contributed by atoms with Crippen molar-refractivity contribution in [2.24, 2.45) is 0 Å².